The maximum absolute atomic E-state index is 12.3. The highest BCUT2D eigenvalue weighted by molar-refractivity contribution is 5.92. The minimum Gasteiger partial charge on any atom is -0.480 e. The summed E-state index contributed by atoms with van der Waals surface area (Å²) in [5.41, 5.74) is 1.75. The second-order valence-corrected chi connectivity index (χ2v) is 5.20. The van der Waals surface area contributed by atoms with Gasteiger partial charge in [0.1, 0.15) is 6.04 Å². The molecule has 1 atom stereocenters. The number of hydrogen-bond donors (Lipinski definition) is 2. The van der Waals surface area contributed by atoms with E-state index in [1.54, 1.807) is 6.07 Å². The average molecular weight is 276 g/mol. The number of carboxylic acid groups (broad SMARTS) is 1. The number of nitrogens with one attached hydrogen (secondary N) is 1. The monoisotopic (exact) mass is 276 g/mol. The van der Waals surface area contributed by atoms with Crippen LogP contribution in [0.1, 0.15) is 31.2 Å². The molecule has 0 aliphatic carbocycles. The van der Waals surface area contributed by atoms with Crippen molar-refractivity contribution in [3.8, 4) is 0 Å². The Kier molecular flexibility index (Phi) is 4.61. The van der Waals surface area contributed by atoms with E-state index in [2.05, 4.69) is 5.32 Å². The molecule has 5 heteroatoms. The van der Waals surface area contributed by atoms with Gasteiger partial charge in [0.15, 0.2) is 0 Å². The van der Waals surface area contributed by atoms with Gasteiger partial charge in [-0.05, 0) is 37.5 Å². The number of rotatable bonds is 2. The first kappa shape index (κ1) is 14.4. The molecule has 1 aliphatic heterocycles. The summed E-state index contributed by atoms with van der Waals surface area (Å²) in [6.45, 7) is 2.44. The van der Waals surface area contributed by atoms with E-state index < -0.39 is 12.0 Å². The van der Waals surface area contributed by atoms with Crippen LogP contribution in [0.25, 0.3) is 0 Å². The second-order valence-electron chi connectivity index (χ2n) is 5.20. The van der Waals surface area contributed by atoms with E-state index in [1.165, 1.54) is 4.90 Å². The number of amides is 2. The number of carboxylic acids is 1. The number of benzene rings is 1. The third-order valence-electron chi connectivity index (χ3n) is 3.57. The fraction of sp³-hybridized carbons (Fsp3) is 0.467. The van der Waals surface area contributed by atoms with Crippen molar-refractivity contribution in [1.82, 2.24) is 4.90 Å². The fourth-order valence-electron chi connectivity index (χ4n) is 2.53. The van der Waals surface area contributed by atoms with Gasteiger partial charge in [-0.3, -0.25) is 0 Å². The van der Waals surface area contributed by atoms with E-state index >= 15 is 0 Å². The highest BCUT2D eigenvalue weighted by Crippen LogP contribution is 2.19. The molecule has 0 radical (unpaired) electrons. The maximum Gasteiger partial charge on any atom is 0.326 e. The molecule has 1 aliphatic rings. The van der Waals surface area contributed by atoms with Crippen molar-refractivity contribution >= 4 is 17.7 Å². The number of carbonyl (C=O) groups is 2. The van der Waals surface area contributed by atoms with Gasteiger partial charge in [0.2, 0.25) is 0 Å². The number of aryl methyl sites for hydroxylation is 1. The summed E-state index contributed by atoms with van der Waals surface area (Å²) in [6.07, 6.45) is 3.20. The number of likely N-dealkylation sites (tertiary alicyclic amines) is 1. The predicted molar refractivity (Wildman–Crippen MR) is 76.8 cm³/mol. The molecule has 0 spiro atoms. The molecule has 1 heterocycles. The molecular weight excluding hydrogens is 256 g/mol. The van der Waals surface area contributed by atoms with Crippen molar-refractivity contribution in [2.75, 3.05) is 11.9 Å². The fourth-order valence-corrected chi connectivity index (χ4v) is 2.53. The van der Waals surface area contributed by atoms with Gasteiger partial charge < -0.3 is 15.3 Å². The third-order valence-corrected chi connectivity index (χ3v) is 3.57. The van der Waals surface area contributed by atoms with E-state index in [0.29, 0.717) is 18.7 Å². The molecule has 0 saturated carbocycles. The predicted octanol–water partition coefficient (Wildman–Crippen LogP) is 2.86. The molecule has 1 fully saturated rings. The van der Waals surface area contributed by atoms with Gasteiger partial charge in [0.05, 0.1) is 0 Å². The highest BCUT2D eigenvalue weighted by atomic mass is 16.4. The smallest absolute Gasteiger partial charge is 0.326 e. The van der Waals surface area contributed by atoms with Crippen LogP contribution in [0, 0.1) is 6.92 Å². The van der Waals surface area contributed by atoms with Crippen LogP contribution in [0.5, 0.6) is 0 Å². The SMILES string of the molecule is Cc1cccc(NC(=O)N2CCCCCC2C(=O)O)c1. The lowest BCUT2D eigenvalue weighted by molar-refractivity contribution is -0.142. The van der Waals surface area contributed by atoms with Crippen LogP contribution >= 0.6 is 0 Å². The first-order chi connectivity index (χ1) is 9.58. The Morgan fingerprint density at radius 1 is 1.30 bits per heavy atom. The van der Waals surface area contributed by atoms with Gasteiger partial charge >= 0.3 is 12.0 Å². The van der Waals surface area contributed by atoms with E-state index in [4.69, 9.17) is 0 Å². The standard InChI is InChI=1S/C15H20N2O3/c1-11-6-5-7-12(10-11)16-15(20)17-9-4-2-3-8-13(17)14(18)19/h5-7,10,13H,2-4,8-9H2,1H3,(H,16,20)(H,18,19). The lowest BCUT2D eigenvalue weighted by Crippen LogP contribution is -2.46. The molecule has 0 bridgehead atoms. The number of nitrogens with zero attached hydrogens (tertiary/aromatic N) is 1. The van der Waals surface area contributed by atoms with Crippen molar-refractivity contribution in [2.45, 2.75) is 38.6 Å². The minimum atomic E-state index is -0.925. The van der Waals surface area contributed by atoms with Crippen LogP contribution in [-0.2, 0) is 4.79 Å². The topological polar surface area (TPSA) is 69.6 Å². The molecule has 1 aromatic carbocycles. The number of hydrogen-bond acceptors (Lipinski definition) is 2. The van der Waals surface area contributed by atoms with Gasteiger partial charge in [-0.2, -0.15) is 0 Å². The quantitative estimate of drug-likeness (QED) is 0.872. The summed E-state index contributed by atoms with van der Waals surface area (Å²) in [7, 11) is 0. The molecule has 2 rings (SSSR count). The molecule has 5 nitrogen and oxygen atoms in total. The lowest BCUT2D eigenvalue weighted by Gasteiger charge is -2.27. The largest absolute Gasteiger partial charge is 0.480 e. The van der Waals surface area contributed by atoms with Gasteiger partial charge in [-0.25, -0.2) is 9.59 Å². The van der Waals surface area contributed by atoms with E-state index in [-0.39, 0.29) is 6.03 Å². The van der Waals surface area contributed by atoms with E-state index in [9.17, 15) is 14.7 Å². The Morgan fingerprint density at radius 3 is 2.80 bits per heavy atom. The second kappa shape index (κ2) is 6.41. The van der Waals surface area contributed by atoms with Crippen LogP contribution in [0.4, 0.5) is 10.5 Å². The van der Waals surface area contributed by atoms with Gasteiger partial charge in [-0.1, -0.05) is 25.0 Å². The summed E-state index contributed by atoms with van der Waals surface area (Å²) in [5, 5.41) is 12.1. The molecule has 1 saturated heterocycles. The Bertz CT molecular complexity index is 502. The van der Waals surface area contributed by atoms with Crippen molar-refractivity contribution in [3.05, 3.63) is 29.8 Å². The summed E-state index contributed by atoms with van der Waals surface area (Å²) in [6, 6.07) is 6.43. The average Bonchev–Trinajstić information content (AvgIpc) is 2.64. The van der Waals surface area contributed by atoms with Crippen molar-refractivity contribution in [3.63, 3.8) is 0 Å². The Morgan fingerprint density at radius 2 is 2.10 bits per heavy atom. The molecule has 1 aromatic rings. The summed E-state index contributed by atoms with van der Waals surface area (Å²) >= 11 is 0. The van der Waals surface area contributed by atoms with Crippen LogP contribution < -0.4 is 5.32 Å². The van der Waals surface area contributed by atoms with Gasteiger partial charge in [-0.15, -0.1) is 0 Å². The zero-order valence-electron chi connectivity index (χ0n) is 11.6. The number of anilines is 1. The van der Waals surface area contributed by atoms with Crippen LogP contribution in [-0.4, -0.2) is 34.6 Å². The normalized spacial score (nSPS) is 19.2. The van der Waals surface area contributed by atoms with Crippen LogP contribution in [0.2, 0.25) is 0 Å². The minimum absolute atomic E-state index is 0.329. The zero-order chi connectivity index (χ0) is 14.5. The Hall–Kier alpha value is -2.04. The third kappa shape index (κ3) is 3.50. The van der Waals surface area contributed by atoms with Crippen molar-refractivity contribution in [1.29, 1.82) is 0 Å². The van der Waals surface area contributed by atoms with Gasteiger partial charge in [0.25, 0.3) is 0 Å². The Balaban J connectivity index is 2.10. The summed E-state index contributed by atoms with van der Waals surface area (Å²) < 4.78 is 0. The van der Waals surface area contributed by atoms with E-state index in [0.717, 1.165) is 24.8 Å². The summed E-state index contributed by atoms with van der Waals surface area (Å²) in [5.74, 6) is -0.925. The molecular formula is C15H20N2O3. The lowest BCUT2D eigenvalue weighted by atomic mass is 10.1. The number of carbonyl (C=O) groups excluding carboxylic acids is 1. The molecule has 20 heavy (non-hydrogen) atoms. The van der Waals surface area contributed by atoms with Crippen molar-refractivity contribution in [2.24, 2.45) is 0 Å². The summed E-state index contributed by atoms with van der Waals surface area (Å²) in [4.78, 5) is 25.0. The molecule has 0 aromatic heterocycles. The molecule has 108 valence electrons. The Labute approximate surface area is 118 Å². The zero-order valence-corrected chi connectivity index (χ0v) is 11.6. The first-order valence-corrected chi connectivity index (χ1v) is 6.95. The van der Waals surface area contributed by atoms with E-state index in [1.807, 2.05) is 25.1 Å². The maximum atomic E-state index is 12.3. The van der Waals surface area contributed by atoms with Crippen LogP contribution in [0.3, 0.4) is 0 Å². The molecule has 2 amide bonds. The molecule has 1 unspecified atom stereocenters. The number of urea groups is 1. The van der Waals surface area contributed by atoms with Crippen LogP contribution in [0.15, 0.2) is 24.3 Å². The molecule has 2 N–H and O–H groups in total. The number of aliphatic carboxylic acids is 1. The first-order valence-electron chi connectivity index (χ1n) is 6.95. The van der Waals surface area contributed by atoms with Crippen molar-refractivity contribution < 1.29 is 14.7 Å². The highest BCUT2D eigenvalue weighted by Gasteiger charge is 2.30. The van der Waals surface area contributed by atoms with Gasteiger partial charge in [0, 0.05) is 12.2 Å².